The molecule has 4 aliphatic rings. The lowest BCUT2D eigenvalue weighted by molar-refractivity contribution is 0.206. The van der Waals surface area contributed by atoms with Gasteiger partial charge >= 0.3 is 0 Å². The van der Waals surface area contributed by atoms with Crippen LogP contribution in [0.1, 0.15) is 25.7 Å². The summed E-state index contributed by atoms with van der Waals surface area (Å²) < 4.78 is 0. The first-order valence-electron chi connectivity index (χ1n) is 5.62. The molecule has 0 radical (unpaired) electrons. The third kappa shape index (κ3) is 0.522. The summed E-state index contributed by atoms with van der Waals surface area (Å²) >= 11 is 0. The highest BCUT2D eigenvalue weighted by molar-refractivity contribution is 5.19. The van der Waals surface area contributed by atoms with Crippen LogP contribution in [0.3, 0.4) is 0 Å². The number of hydrogen-bond acceptors (Lipinski definition) is 0. The van der Waals surface area contributed by atoms with Crippen LogP contribution < -0.4 is 0 Å². The van der Waals surface area contributed by atoms with Crippen molar-refractivity contribution >= 4 is 0 Å². The Bertz CT molecular complexity index is 229. The van der Waals surface area contributed by atoms with E-state index in [1.165, 1.54) is 6.42 Å². The maximum Gasteiger partial charge on any atom is -0.0194 e. The molecule has 64 valence electrons. The van der Waals surface area contributed by atoms with Crippen LogP contribution in [0.4, 0.5) is 0 Å². The summed E-state index contributed by atoms with van der Waals surface area (Å²) in [4.78, 5) is 0. The Morgan fingerprint density at radius 3 is 1.92 bits per heavy atom. The van der Waals surface area contributed by atoms with E-state index in [-0.39, 0.29) is 0 Å². The summed E-state index contributed by atoms with van der Waals surface area (Å²) in [6.07, 6.45) is 11.3. The van der Waals surface area contributed by atoms with Crippen LogP contribution >= 0.6 is 0 Å². The van der Waals surface area contributed by atoms with Crippen LogP contribution in [0.2, 0.25) is 0 Å². The SMILES string of the molecule is C1=C[C@H]2C[C@@H]1[C@H]1[C@@H]3CC[C@@H](C3)[C@H]12. The monoisotopic (exact) mass is 160 g/mol. The van der Waals surface area contributed by atoms with Gasteiger partial charge in [0, 0.05) is 0 Å². The average molecular weight is 160 g/mol. The minimum absolute atomic E-state index is 1.02. The van der Waals surface area contributed by atoms with E-state index < -0.39 is 0 Å². The molecule has 0 unspecified atom stereocenters. The molecule has 6 atom stereocenters. The lowest BCUT2D eigenvalue weighted by Gasteiger charge is -2.31. The molecule has 3 fully saturated rings. The summed E-state index contributed by atoms with van der Waals surface area (Å²) in [5.74, 6) is 6.66. The fraction of sp³-hybridized carbons (Fsp3) is 0.833. The maximum atomic E-state index is 2.53. The van der Waals surface area contributed by atoms with Gasteiger partial charge in [-0.3, -0.25) is 0 Å². The zero-order chi connectivity index (χ0) is 7.71. The Labute approximate surface area is 74.0 Å². The minimum Gasteiger partial charge on any atom is -0.0848 e. The van der Waals surface area contributed by atoms with Gasteiger partial charge in [0.25, 0.3) is 0 Å². The van der Waals surface area contributed by atoms with Crippen LogP contribution in [-0.4, -0.2) is 0 Å². The summed E-state index contributed by atoms with van der Waals surface area (Å²) in [5.41, 5.74) is 0. The molecule has 0 heterocycles. The molecule has 0 aromatic heterocycles. The van der Waals surface area contributed by atoms with E-state index in [1.807, 2.05) is 0 Å². The van der Waals surface area contributed by atoms with Gasteiger partial charge in [0.15, 0.2) is 0 Å². The van der Waals surface area contributed by atoms with Gasteiger partial charge < -0.3 is 0 Å². The molecule has 0 spiro atoms. The molecular formula is C12H16. The Hall–Kier alpha value is -0.260. The van der Waals surface area contributed by atoms with Crippen molar-refractivity contribution in [2.24, 2.45) is 35.5 Å². The van der Waals surface area contributed by atoms with Gasteiger partial charge in [0.1, 0.15) is 0 Å². The molecule has 12 heavy (non-hydrogen) atoms. The second kappa shape index (κ2) is 1.81. The fourth-order valence-electron chi connectivity index (χ4n) is 4.98. The first kappa shape index (κ1) is 6.23. The summed E-state index contributed by atoms with van der Waals surface area (Å²) in [5, 5.41) is 0. The third-order valence-corrected chi connectivity index (χ3v) is 5.19. The molecule has 0 heteroatoms. The van der Waals surface area contributed by atoms with Gasteiger partial charge in [-0.15, -0.1) is 0 Å². The van der Waals surface area contributed by atoms with E-state index in [9.17, 15) is 0 Å². The van der Waals surface area contributed by atoms with Crippen molar-refractivity contribution in [1.29, 1.82) is 0 Å². The summed E-state index contributed by atoms with van der Waals surface area (Å²) in [6.45, 7) is 0. The molecule has 4 aliphatic carbocycles. The molecule has 4 rings (SSSR count). The van der Waals surface area contributed by atoms with Gasteiger partial charge in [-0.1, -0.05) is 12.2 Å². The second-order valence-corrected chi connectivity index (χ2v) is 5.44. The van der Waals surface area contributed by atoms with Crippen LogP contribution in [-0.2, 0) is 0 Å². The lowest BCUT2D eigenvalue weighted by Crippen LogP contribution is -2.25. The van der Waals surface area contributed by atoms with Crippen molar-refractivity contribution < 1.29 is 0 Å². The summed E-state index contributed by atoms with van der Waals surface area (Å²) in [6, 6.07) is 0. The highest BCUT2D eigenvalue weighted by atomic mass is 14.6. The first-order valence-corrected chi connectivity index (χ1v) is 5.62. The predicted octanol–water partition coefficient (Wildman–Crippen LogP) is 2.85. The number of rotatable bonds is 0. The summed E-state index contributed by atoms with van der Waals surface area (Å²) in [7, 11) is 0. The highest BCUT2D eigenvalue weighted by Crippen LogP contribution is 2.65. The average Bonchev–Trinajstić information content (AvgIpc) is 2.83. The van der Waals surface area contributed by atoms with E-state index in [4.69, 9.17) is 0 Å². The number of hydrogen-bond donors (Lipinski definition) is 0. The fourth-order valence-corrected chi connectivity index (χ4v) is 4.98. The maximum absolute atomic E-state index is 2.53. The van der Waals surface area contributed by atoms with Crippen molar-refractivity contribution in [3.63, 3.8) is 0 Å². The molecule has 0 N–H and O–H groups in total. The standard InChI is InChI=1S/C12H16/c1-2-8-5-7(1)11-9-3-4-10(6-9)12(8)11/h1-2,7-12H,3-6H2/t7-,8+,9-,10+,11+,12-. The highest BCUT2D eigenvalue weighted by Gasteiger charge is 2.57. The lowest BCUT2D eigenvalue weighted by atomic mass is 9.73. The van der Waals surface area contributed by atoms with Crippen molar-refractivity contribution in [3.05, 3.63) is 12.2 Å². The van der Waals surface area contributed by atoms with Crippen LogP contribution in [0.15, 0.2) is 12.2 Å². The molecule has 3 saturated carbocycles. The second-order valence-electron chi connectivity index (χ2n) is 5.44. The van der Waals surface area contributed by atoms with E-state index in [2.05, 4.69) is 12.2 Å². The predicted molar refractivity (Wildman–Crippen MR) is 48.5 cm³/mol. The van der Waals surface area contributed by atoms with E-state index in [0.717, 1.165) is 35.5 Å². The number of allylic oxidation sites excluding steroid dienone is 2. The van der Waals surface area contributed by atoms with Crippen molar-refractivity contribution in [2.75, 3.05) is 0 Å². The Kier molecular flexibility index (Phi) is 0.939. The molecule has 0 aromatic carbocycles. The zero-order valence-electron chi connectivity index (χ0n) is 7.45. The van der Waals surface area contributed by atoms with Crippen molar-refractivity contribution in [3.8, 4) is 0 Å². The van der Waals surface area contributed by atoms with Crippen LogP contribution in [0, 0.1) is 35.5 Å². The molecular weight excluding hydrogens is 144 g/mol. The molecule has 0 nitrogen and oxygen atoms in total. The Balaban J connectivity index is 1.82. The molecule has 4 bridgehead atoms. The largest absolute Gasteiger partial charge is 0.0848 e. The van der Waals surface area contributed by atoms with Gasteiger partial charge in [0.05, 0.1) is 0 Å². The van der Waals surface area contributed by atoms with Crippen LogP contribution in [0.25, 0.3) is 0 Å². The first-order chi connectivity index (χ1) is 5.93. The van der Waals surface area contributed by atoms with E-state index in [0.29, 0.717) is 0 Å². The van der Waals surface area contributed by atoms with E-state index >= 15 is 0 Å². The number of fused-ring (bicyclic) bond motifs is 9. The topological polar surface area (TPSA) is 0 Å². The minimum atomic E-state index is 1.02. The van der Waals surface area contributed by atoms with Gasteiger partial charge in [-0.2, -0.15) is 0 Å². The van der Waals surface area contributed by atoms with Gasteiger partial charge in [-0.05, 0) is 61.2 Å². The van der Waals surface area contributed by atoms with Crippen LogP contribution in [0.5, 0.6) is 0 Å². The molecule has 0 aromatic rings. The van der Waals surface area contributed by atoms with Gasteiger partial charge in [0.2, 0.25) is 0 Å². The van der Waals surface area contributed by atoms with E-state index in [1.54, 1.807) is 19.3 Å². The molecule has 0 aliphatic heterocycles. The molecule has 0 saturated heterocycles. The Morgan fingerprint density at radius 1 is 0.750 bits per heavy atom. The smallest absolute Gasteiger partial charge is 0.0194 e. The molecule has 0 amide bonds. The van der Waals surface area contributed by atoms with Crippen molar-refractivity contribution in [1.82, 2.24) is 0 Å². The third-order valence-electron chi connectivity index (χ3n) is 5.19. The van der Waals surface area contributed by atoms with Crippen molar-refractivity contribution in [2.45, 2.75) is 25.7 Å². The normalized spacial score (nSPS) is 64.7. The quantitative estimate of drug-likeness (QED) is 0.377. The van der Waals surface area contributed by atoms with Gasteiger partial charge in [-0.25, -0.2) is 0 Å². The zero-order valence-corrected chi connectivity index (χ0v) is 7.45. The Morgan fingerprint density at radius 2 is 1.33 bits per heavy atom.